The van der Waals surface area contributed by atoms with E-state index in [2.05, 4.69) is 5.32 Å². The second-order valence-corrected chi connectivity index (χ2v) is 5.30. The van der Waals surface area contributed by atoms with Crippen LogP contribution in [0.2, 0.25) is 5.02 Å². The highest BCUT2D eigenvalue weighted by atomic mass is 35.5. The minimum absolute atomic E-state index is 0.100. The molecule has 0 aliphatic rings. The van der Waals surface area contributed by atoms with Crippen LogP contribution in [0.1, 0.15) is 21.5 Å². The molecular weight excluding hydrogens is 318 g/mol. The van der Waals surface area contributed by atoms with Crippen LogP contribution in [0.5, 0.6) is 0 Å². The molecule has 0 radical (unpaired) electrons. The van der Waals surface area contributed by atoms with E-state index in [1.165, 1.54) is 12.1 Å². The fourth-order valence-corrected chi connectivity index (χ4v) is 2.06. The molecule has 0 aliphatic heterocycles. The van der Waals surface area contributed by atoms with Crippen LogP contribution in [0, 0.1) is 6.92 Å². The average Bonchev–Trinajstić information content (AvgIpc) is 2.57. The van der Waals surface area contributed by atoms with E-state index in [0.717, 1.165) is 5.56 Å². The van der Waals surface area contributed by atoms with E-state index < -0.39 is 18.5 Å². The zero-order chi connectivity index (χ0) is 16.8. The molecule has 2 rings (SSSR count). The summed E-state index contributed by atoms with van der Waals surface area (Å²) in [6.45, 7) is 1.29. The Morgan fingerprint density at radius 3 is 2.52 bits per heavy atom. The van der Waals surface area contributed by atoms with Gasteiger partial charge in [-0.2, -0.15) is 0 Å². The second-order valence-electron chi connectivity index (χ2n) is 4.89. The number of ether oxygens (including phenoxy) is 1. The standard InChI is InChI=1S/C17H16ClNO4/c1-11-14(18)3-2-4-15(11)19-16(21)10-23-17(22)13-7-5-12(9-20)6-8-13/h2-8,20H,9-10H2,1H3,(H,19,21). The maximum absolute atomic E-state index is 11.8. The van der Waals surface area contributed by atoms with Crippen molar-refractivity contribution in [2.75, 3.05) is 11.9 Å². The maximum atomic E-state index is 11.8. The molecule has 0 spiro atoms. The van der Waals surface area contributed by atoms with E-state index in [4.69, 9.17) is 21.4 Å². The largest absolute Gasteiger partial charge is 0.452 e. The molecule has 0 aromatic heterocycles. The summed E-state index contributed by atoms with van der Waals surface area (Å²) in [7, 11) is 0. The van der Waals surface area contributed by atoms with Crippen LogP contribution in [-0.4, -0.2) is 23.6 Å². The first kappa shape index (κ1) is 17.0. The van der Waals surface area contributed by atoms with E-state index in [1.54, 1.807) is 37.3 Å². The van der Waals surface area contributed by atoms with Crippen molar-refractivity contribution in [2.24, 2.45) is 0 Å². The Morgan fingerprint density at radius 2 is 1.87 bits per heavy atom. The van der Waals surface area contributed by atoms with Crippen molar-refractivity contribution in [3.63, 3.8) is 0 Å². The Morgan fingerprint density at radius 1 is 1.17 bits per heavy atom. The lowest BCUT2D eigenvalue weighted by molar-refractivity contribution is -0.119. The molecule has 5 nitrogen and oxygen atoms in total. The van der Waals surface area contributed by atoms with Crippen LogP contribution in [0.3, 0.4) is 0 Å². The summed E-state index contributed by atoms with van der Waals surface area (Å²) in [4.78, 5) is 23.7. The number of hydrogen-bond acceptors (Lipinski definition) is 4. The molecule has 0 saturated carbocycles. The highest BCUT2D eigenvalue weighted by molar-refractivity contribution is 6.31. The number of rotatable bonds is 5. The Hall–Kier alpha value is -2.37. The van der Waals surface area contributed by atoms with Gasteiger partial charge in [-0.1, -0.05) is 29.8 Å². The van der Waals surface area contributed by atoms with Gasteiger partial charge in [0.25, 0.3) is 5.91 Å². The van der Waals surface area contributed by atoms with Crippen LogP contribution in [0.4, 0.5) is 5.69 Å². The summed E-state index contributed by atoms with van der Waals surface area (Å²) in [6, 6.07) is 11.5. The van der Waals surface area contributed by atoms with Gasteiger partial charge in [0.1, 0.15) is 0 Å². The molecule has 0 bridgehead atoms. The van der Waals surface area contributed by atoms with Crippen molar-refractivity contribution in [3.8, 4) is 0 Å². The Bertz CT molecular complexity index is 713. The van der Waals surface area contributed by atoms with E-state index in [0.29, 0.717) is 21.8 Å². The van der Waals surface area contributed by atoms with Crippen molar-refractivity contribution >= 4 is 29.2 Å². The van der Waals surface area contributed by atoms with Crippen molar-refractivity contribution in [3.05, 3.63) is 64.2 Å². The Balaban J connectivity index is 1.90. The summed E-state index contributed by atoms with van der Waals surface area (Å²) in [5.74, 6) is -1.05. The minimum atomic E-state index is -0.604. The summed E-state index contributed by atoms with van der Waals surface area (Å²) in [5, 5.41) is 12.1. The number of aliphatic hydroxyl groups is 1. The maximum Gasteiger partial charge on any atom is 0.338 e. The third-order valence-electron chi connectivity index (χ3n) is 3.25. The lowest BCUT2D eigenvalue weighted by Crippen LogP contribution is -2.21. The summed E-state index contributed by atoms with van der Waals surface area (Å²) in [5.41, 5.74) is 2.32. The predicted octanol–water partition coefficient (Wildman–Crippen LogP) is 2.94. The number of nitrogens with one attached hydrogen (secondary N) is 1. The number of halogens is 1. The number of esters is 1. The number of aliphatic hydroxyl groups excluding tert-OH is 1. The molecule has 120 valence electrons. The van der Waals surface area contributed by atoms with Gasteiger partial charge < -0.3 is 15.2 Å². The van der Waals surface area contributed by atoms with Crippen LogP contribution in [0.25, 0.3) is 0 Å². The molecule has 0 fully saturated rings. The fourth-order valence-electron chi connectivity index (χ4n) is 1.89. The van der Waals surface area contributed by atoms with Crippen molar-refractivity contribution < 1.29 is 19.4 Å². The number of carbonyl (C=O) groups excluding carboxylic acids is 2. The molecule has 0 saturated heterocycles. The molecule has 2 N–H and O–H groups in total. The van der Waals surface area contributed by atoms with Crippen molar-refractivity contribution in [1.82, 2.24) is 0 Å². The van der Waals surface area contributed by atoms with E-state index in [1.807, 2.05) is 0 Å². The lowest BCUT2D eigenvalue weighted by atomic mass is 10.1. The molecule has 0 atom stereocenters. The van der Waals surface area contributed by atoms with Crippen LogP contribution in [0.15, 0.2) is 42.5 Å². The van der Waals surface area contributed by atoms with Crippen LogP contribution >= 0.6 is 11.6 Å². The molecular formula is C17H16ClNO4. The lowest BCUT2D eigenvalue weighted by Gasteiger charge is -2.10. The second kappa shape index (κ2) is 7.76. The summed E-state index contributed by atoms with van der Waals surface area (Å²) in [6.07, 6.45) is 0. The Labute approximate surface area is 138 Å². The summed E-state index contributed by atoms with van der Waals surface area (Å²) < 4.78 is 4.96. The van der Waals surface area contributed by atoms with Crippen molar-refractivity contribution in [2.45, 2.75) is 13.5 Å². The highest BCUT2D eigenvalue weighted by Crippen LogP contribution is 2.22. The first-order chi connectivity index (χ1) is 11.0. The molecule has 0 aliphatic carbocycles. The fraction of sp³-hybridized carbons (Fsp3) is 0.176. The average molecular weight is 334 g/mol. The first-order valence-corrected chi connectivity index (χ1v) is 7.31. The predicted molar refractivity (Wildman–Crippen MR) is 87.5 cm³/mol. The molecule has 2 aromatic rings. The quantitative estimate of drug-likeness (QED) is 0.825. The number of amides is 1. The summed E-state index contributed by atoms with van der Waals surface area (Å²) >= 11 is 5.98. The molecule has 0 unspecified atom stereocenters. The van der Waals surface area contributed by atoms with Gasteiger partial charge in [0.15, 0.2) is 6.61 Å². The number of anilines is 1. The monoisotopic (exact) mass is 333 g/mol. The van der Waals surface area contributed by atoms with Crippen LogP contribution in [-0.2, 0) is 16.1 Å². The number of hydrogen-bond donors (Lipinski definition) is 2. The van der Waals surface area contributed by atoms with Gasteiger partial charge in [-0.25, -0.2) is 4.79 Å². The van der Waals surface area contributed by atoms with E-state index >= 15 is 0 Å². The molecule has 0 heterocycles. The van der Waals surface area contributed by atoms with Gasteiger partial charge in [0.2, 0.25) is 0 Å². The van der Waals surface area contributed by atoms with Gasteiger partial charge in [-0.05, 0) is 42.3 Å². The minimum Gasteiger partial charge on any atom is -0.452 e. The zero-order valence-electron chi connectivity index (χ0n) is 12.5. The van der Waals surface area contributed by atoms with Gasteiger partial charge in [0, 0.05) is 10.7 Å². The van der Waals surface area contributed by atoms with Gasteiger partial charge in [0.05, 0.1) is 12.2 Å². The zero-order valence-corrected chi connectivity index (χ0v) is 13.3. The normalized spacial score (nSPS) is 10.2. The van der Waals surface area contributed by atoms with Crippen LogP contribution < -0.4 is 5.32 Å². The molecule has 23 heavy (non-hydrogen) atoms. The molecule has 2 aromatic carbocycles. The number of benzene rings is 2. The number of carbonyl (C=O) groups is 2. The van der Waals surface area contributed by atoms with E-state index in [9.17, 15) is 9.59 Å². The Kier molecular flexibility index (Phi) is 5.73. The molecule has 6 heteroatoms. The van der Waals surface area contributed by atoms with Gasteiger partial charge in [-0.15, -0.1) is 0 Å². The topological polar surface area (TPSA) is 75.6 Å². The third-order valence-corrected chi connectivity index (χ3v) is 3.66. The van der Waals surface area contributed by atoms with Gasteiger partial charge >= 0.3 is 5.97 Å². The van der Waals surface area contributed by atoms with E-state index in [-0.39, 0.29) is 6.61 Å². The smallest absolute Gasteiger partial charge is 0.338 e. The van der Waals surface area contributed by atoms with Gasteiger partial charge in [-0.3, -0.25) is 4.79 Å². The highest BCUT2D eigenvalue weighted by Gasteiger charge is 2.11. The van der Waals surface area contributed by atoms with Crippen molar-refractivity contribution in [1.29, 1.82) is 0 Å². The third kappa shape index (κ3) is 4.55. The molecule has 1 amide bonds. The first-order valence-electron chi connectivity index (χ1n) is 6.93. The SMILES string of the molecule is Cc1c(Cl)cccc1NC(=O)COC(=O)c1ccc(CO)cc1.